The topological polar surface area (TPSA) is 88.3 Å². The van der Waals surface area contributed by atoms with Gasteiger partial charge in [0.2, 0.25) is 0 Å². The third-order valence-corrected chi connectivity index (χ3v) is 2.02. The van der Waals surface area contributed by atoms with Crippen LogP contribution in [0.25, 0.3) is 0 Å². The average Bonchev–Trinajstić information content (AvgIpc) is 2.58. The summed E-state index contributed by atoms with van der Waals surface area (Å²) in [5.41, 5.74) is 6.99. The molecule has 0 aromatic carbocycles. The molecule has 1 unspecified atom stereocenters. The van der Waals surface area contributed by atoms with E-state index in [2.05, 4.69) is 9.72 Å². The summed E-state index contributed by atoms with van der Waals surface area (Å²) in [7, 11) is 1.30. The van der Waals surface area contributed by atoms with Gasteiger partial charge in [0.15, 0.2) is 0 Å². The third kappa shape index (κ3) is 1.94. The highest BCUT2D eigenvalue weighted by Crippen LogP contribution is 2.17. The summed E-state index contributed by atoms with van der Waals surface area (Å²) in [5, 5.41) is 9.47. The predicted molar refractivity (Wildman–Crippen MR) is 50.9 cm³/mol. The lowest BCUT2D eigenvalue weighted by Crippen LogP contribution is -2.13. The number of aliphatic hydroxyl groups is 1. The van der Waals surface area contributed by atoms with Crippen LogP contribution >= 0.6 is 0 Å². The molecule has 1 heterocycles. The number of aromatic amines is 1. The molecule has 1 aromatic heterocycles. The molecule has 1 atom stereocenters. The number of rotatable bonds is 3. The number of hydrogen-bond acceptors (Lipinski definition) is 4. The maximum Gasteiger partial charge on any atom is 0.354 e. The molecule has 0 saturated carbocycles. The summed E-state index contributed by atoms with van der Waals surface area (Å²) in [6.07, 6.45) is -0.770. The molecular weight excluding hydrogens is 184 g/mol. The molecule has 0 fully saturated rings. The van der Waals surface area contributed by atoms with Crippen molar-refractivity contribution >= 4 is 5.97 Å². The molecule has 14 heavy (non-hydrogen) atoms. The van der Waals surface area contributed by atoms with E-state index in [1.165, 1.54) is 7.11 Å². The van der Waals surface area contributed by atoms with E-state index in [-0.39, 0.29) is 6.54 Å². The zero-order valence-electron chi connectivity index (χ0n) is 8.20. The number of hydrogen-bond donors (Lipinski definition) is 3. The molecule has 0 radical (unpaired) electrons. The Labute approximate surface area is 81.9 Å². The maximum absolute atomic E-state index is 11.1. The molecule has 1 aromatic rings. The molecule has 0 amide bonds. The van der Waals surface area contributed by atoms with Crippen LogP contribution in [0.15, 0.2) is 6.07 Å². The Bertz CT molecular complexity index is 333. The number of carbonyl (C=O) groups is 1. The summed E-state index contributed by atoms with van der Waals surface area (Å²) in [5.74, 6) is -0.455. The molecule has 4 N–H and O–H groups in total. The zero-order chi connectivity index (χ0) is 10.7. The minimum Gasteiger partial charge on any atom is -0.464 e. The van der Waals surface area contributed by atoms with Crippen molar-refractivity contribution in [1.82, 2.24) is 4.98 Å². The van der Waals surface area contributed by atoms with Crippen molar-refractivity contribution in [1.29, 1.82) is 0 Å². The maximum atomic E-state index is 11.1. The van der Waals surface area contributed by atoms with Crippen molar-refractivity contribution in [2.75, 3.05) is 13.7 Å². The summed E-state index contributed by atoms with van der Waals surface area (Å²) < 4.78 is 4.53. The summed E-state index contributed by atoms with van der Waals surface area (Å²) in [6.45, 7) is 1.90. The SMILES string of the molecule is COC(=O)c1cc(C)c(C(O)CN)[nH]1. The predicted octanol–water partition coefficient (Wildman–Crippen LogP) is 0.102. The second kappa shape index (κ2) is 4.26. The van der Waals surface area contributed by atoms with Crippen molar-refractivity contribution in [2.45, 2.75) is 13.0 Å². The number of aryl methyl sites for hydroxylation is 1. The van der Waals surface area contributed by atoms with E-state index in [0.29, 0.717) is 11.4 Å². The molecule has 5 heteroatoms. The van der Waals surface area contributed by atoms with Crippen LogP contribution in [0.3, 0.4) is 0 Å². The van der Waals surface area contributed by atoms with Gasteiger partial charge in [0, 0.05) is 12.2 Å². The molecule has 0 aliphatic carbocycles. The Kier molecular flexibility index (Phi) is 3.27. The van der Waals surface area contributed by atoms with Gasteiger partial charge in [0.25, 0.3) is 0 Å². The normalized spacial score (nSPS) is 12.6. The summed E-state index contributed by atoms with van der Waals surface area (Å²) in [4.78, 5) is 13.9. The number of nitrogens with one attached hydrogen (secondary N) is 1. The molecule has 0 saturated heterocycles. The number of aromatic nitrogens is 1. The van der Waals surface area contributed by atoms with Crippen LogP contribution in [-0.4, -0.2) is 29.7 Å². The Morgan fingerprint density at radius 3 is 2.93 bits per heavy atom. The number of aliphatic hydroxyl groups excluding tert-OH is 1. The monoisotopic (exact) mass is 198 g/mol. The molecule has 1 rings (SSSR count). The van der Waals surface area contributed by atoms with Gasteiger partial charge in [-0.25, -0.2) is 4.79 Å². The van der Waals surface area contributed by atoms with Gasteiger partial charge in [-0.15, -0.1) is 0 Å². The van der Waals surface area contributed by atoms with Crippen molar-refractivity contribution in [3.63, 3.8) is 0 Å². The Morgan fingerprint density at radius 2 is 2.43 bits per heavy atom. The van der Waals surface area contributed by atoms with E-state index < -0.39 is 12.1 Å². The smallest absolute Gasteiger partial charge is 0.354 e. The van der Waals surface area contributed by atoms with Crippen molar-refractivity contribution in [3.05, 3.63) is 23.0 Å². The standard InChI is InChI=1S/C9H14N2O3/c1-5-3-6(9(13)14-2)11-8(5)7(12)4-10/h3,7,11-12H,4,10H2,1-2H3. The van der Waals surface area contributed by atoms with E-state index >= 15 is 0 Å². The highest BCUT2D eigenvalue weighted by molar-refractivity contribution is 5.87. The van der Waals surface area contributed by atoms with E-state index in [9.17, 15) is 9.90 Å². The van der Waals surface area contributed by atoms with E-state index in [4.69, 9.17) is 5.73 Å². The average molecular weight is 198 g/mol. The third-order valence-electron chi connectivity index (χ3n) is 2.02. The molecule has 0 spiro atoms. The highest BCUT2D eigenvalue weighted by atomic mass is 16.5. The first kappa shape index (κ1) is 10.7. The second-order valence-electron chi connectivity index (χ2n) is 3.02. The van der Waals surface area contributed by atoms with E-state index in [1.54, 1.807) is 13.0 Å². The number of esters is 1. The van der Waals surface area contributed by atoms with Gasteiger partial charge in [0.1, 0.15) is 11.8 Å². The molecular formula is C9H14N2O3. The molecule has 0 aliphatic rings. The van der Waals surface area contributed by atoms with E-state index in [0.717, 1.165) is 5.56 Å². The molecule has 0 aliphatic heterocycles. The van der Waals surface area contributed by atoms with Crippen LogP contribution in [-0.2, 0) is 4.74 Å². The summed E-state index contributed by atoms with van der Waals surface area (Å²) >= 11 is 0. The highest BCUT2D eigenvalue weighted by Gasteiger charge is 2.15. The van der Waals surface area contributed by atoms with Crippen LogP contribution in [0.5, 0.6) is 0 Å². The first-order chi connectivity index (χ1) is 6.60. The van der Waals surface area contributed by atoms with Crippen molar-refractivity contribution < 1.29 is 14.6 Å². The van der Waals surface area contributed by atoms with Gasteiger partial charge in [-0.05, 0) is 18.6 Å². The fourth-order valence-corrected chi connectivity index (χ4v) is 1.26. The fourth-order valence-electron chi connectivity index (χ4n) is 1.26. The number of methoxy groups -OCH3 is 1. The van der Waals surface area contributed by atoms with Crippen LogP contribution in [0.1, 0.15) is 27.8 Å². The van der Waals surface area contributed by atoms with E-state index in [1.807, 2.05) is 0 Å². The van der Waals surface area contributed by atoms with Gasteiger partial charge in [-0.3, -0.25) is 0 Å². The van der Waals surface area contributed by atoms with Crippen LogP contribution in [0, 0.1) is 6.92 Å². The Balaban J connectivity index is 2.98. The van der Waals surface area contributed by atoms with Crippen molar-refractivity contribution in [3.8, 4) is 0 Å². The number of H-pyrrole nitrogens is 1. The van der Waals surface area contributed by atoms with Gasteiger partial charge >= 0.3 is 5.97 Å². The van der Waals surface area contributed by atoms with Gasteiger partial charge < -0.3 is 20.6 Å². The van der Waals surface area contributed by atoms with Gasteiger partial charge in [0.05, 0.1) is 7.11 Å². The molecule has 78 valence electrons. The number of ether oxygens (including phenoxy) is 1. The van der Waals surface area contributed by atoms with Gasteiger partial charge in [-0.1, -0.05) is 0 Å². The zero-order valence-corrected chi connectivity index (χ0v) is 8.20. The Hall–Kier alpha value is -1.33. The molecule has 0 bridgehead atoms. The van der Waals surface area contributed by atoms with Crippen LogP contribution in [0.4, 0.5) is 0 Å². The van der Waals surface area contributed by atoms with Crippen molar-refractivity contribution in [2.24, 2.45) is 5.73 Å². The lowest BCUT2D eigenvalue weighted by Gasteiger charge is -2.06. The number of carbonyl (C=O) groups excluding carboxylic acids is 1. The lowest BCUT2D eigenvalue weighted by molar-refractivity contribution is 0.0594. The first-order valence-corrected chi connectivity index (χ1v) is 4.26. The lowest BCUT2D eigenvalue weighted by atomic mass is 10.2. The number of nitrogens with two attached hydrogens (primary N) is 1. The minimum atomic E-state index is -0.770. The quantitative estimate of drug-likeness (QED) is 0.601. The minimum absolute atomic E-state index is 0.113. The largest absolute Gasteiger partial charge is 0.464 e. The first-order valence-electron chi connectivity index (χ1n) is 4.26. The fraction of sp³-hybridized carbons (Fsp3) is 0.444. The van der Waals surface area contributed by atoms with Crippen LogP contribution < -0.4 is 5.73 Å². The Morgan fingerprint density at radius 1 is 1.79 bits per heavy atom. The van der Waals surface area contributed by atoms with Gasteiger partial charge in [-0.2, -0.15) is 0 Å². The summed E-state index contributed by atoms with van der Waals surface area (Å²) in [6, 6.07) is 1.63. The molecule has 5 nitrogen and oxygen atoms in total. The van der Waals surface area contributed by atoms with Crippen LogP contribution in [0.2, 0.25) is 0 Å². The second-order valence-corrected chi connectivity index (χ2v) is 3.02.